The fourth-order valence-corrected chi connectivity index (χ4v) is 1.75. The van der Waals surface area contributed by atoms with Gasteiger partial charge in [0.2, 0.25) is 5.91 Å². The van der Waals surface area contributed by atoms with Crippen molar-refractivity contribution in [1.29, 1.82) is 0 Å². The van der Waals surface area contributed by atoms with Crippen LogP contribution in [0.4, 0.5) is 11.4 Å². The summed E-state index contributed by atoms with van der Waals surface area (Å²) in [6.45, 7) is 4.02. The van der Waals surface area contributed by atoms with Crippen molar-refractivity contribution < 1.29 is 4.79 Å². The normalized spacial score (nSPS) is 11.5. The Bertz CT molecular complexity index is 622. The number of fused-ring (bicyclic) bond motifs is 1. The standard InChI is InChI=1S/C14H18N4O/c1-14(2,13(16)19)8-18-11-4-3-9-7-17-6-5-10(9)12(11)15/h3-7,18H,8,15H2,1-2H3,(H2,16,19). The first kappa shape index (κ1) is 13.1. The number of nitrogen functional groups attached to an aromatic ring is 1. The molecule has 5 heteroatoms. The van der Waals surface area contributed by atoms with E-state index in [0.717, 1.165) is 16.5 Å². The van der Waals surface area contributed by atoms with Gasteiger partial charge < -0.3 is 16.8 Å². The molecule has 5 N–H and O–H groups in total. The van der Waals surface area contributed by atoms with Crippen LogP contribution in [0.25, 0.3) is 10.8 Å². The molecule has 0 fully saturated rings. The number of carbonyl (C=O) groups is 1. The number of pyridine rings is 1. The smallest absolute Gasteiger partial charge is 0.224 e. The van der Waals surface area contributed by atoms with Crippen molar-refractivity contribution in [2.24, 2.45) is 11.1 Å². The summed E-state index contributed by atoms with van der Waals surface area (Å²) in [6, 6.07) is 5.70. The summed E-state index contributed by atoms with van der Waals surface area (Å²) in [5, 5.41) is 5.11. The number of primary amides is 1. The Kier molecular flexibility index (Phi) is 3.29. The molecule has 0 atom stereocenters. The van der Waals surface area contributed by atoms with E-state index in [9.17, 15) is 4.79 Å². The highest BCUT2D eigenvalue weighted by Gasteiger charge is 2.24. The van der Waals surface area contributed by atoms with Crippen LogP contribution >= 0.6 is 0 Å². The van der Waals surface area contributed by atoms with Crippen molar-refractivity contribution in [3.8, 4) is 0 Å². The van der Waals surface area contributed by atoms with Crippen LogP contribution in [0.15, 0.2) is 30.6 Å². The number of anilines is 2. The van der Waals surface area contributed by atoms with Crippen LogP contribution in [-0.4, -0.2) is 17.4 Å². The van der Waals surface area contributed by atoms with E-state index >= 15 is 0 Å². The molecule has 5 nitrogen and oxygen atoms in total. The second-order valence-electron chi connectivity index (χ2n) is 5.23. The third-order valence-electron chi connectivity index (χ3n) is 3.25. The Morgan fingerprint density at radius 1 is 1.37 bits per heavy atom. The molecule has 0 unspecified atom stereocenters. The predicted octanol–water partition coefficient (Wildman–Crippen LogP) is 1.74. The summed E-state index contributed by atoms with van der Waals surface area (Å²) in [5.41, 5.74) is 12.3. The fraction of sp³-hybridized carbons (Fsp3) is 0.286. The van der Waals surface area contributed by atoms with Gasteiger partial charge in [-0.1, -0.05) is 6.07 Å². The second kappa shape index (κ2) is 4.76. The third-order valence-corrected chi connectivity index (χ3v) is 3.25. The Hall–Kier alpha value is -2.30. The van der Waals surface area contributed by atoms with Gasteiger partial charge in [0.05, 0.1) is 16.8 Å². The SMILES string of the molecule is CC(C)(CNc1ccc2cnccc2c1N)C(N)=O. The first-order valence-corrected chi connectivity index (χ1v) is 6.08. The molecule has 1 aromatic heterocycles. The van der Waals surface area contributed by atoms with Gasteiger partial charge in [0.25, 0.3) is 0 Å². The zero-order valence-corrected chi connectivity index (χ0v) is 11.1. The Balaban J connectivity index is 2.27. The van der Waals surface area contributed by atoms with E-state index in [0.29, 0.717) is 12.2 Å². The van der Waals surface area contributed by atoms with Gasteiger partial charge in [0.15, 0.2) is 0 Å². The van der Waals surface area contributed by atoms with E-state index in [1.807, 2.05) is 18.2 Å². The van der Waals surface area contributed by atoms with E-state index in [1.165, 1.54) is 0 Å². The summed E-state index contributed by atoms with van der Waals surface area (Å²) in [4.78, 5) is 15.3. The predicted molar refractivity (Wildman–Crippen MR) is 77.6 cm³/mol. The lowest BCUT2D eigenvalue weighted by atomic mass is 9.92. The largest absolute Gasteiger partial charge is 0.397 e. The highest BCUT2D eigenvalue weighted by molar-refractivity contribution is 5.98. The van der Waals surface area contributed by atoms with Gasteiger partial charge in [-0.3, -0.25) is 9.78 Å². The molecule has 19 heavy (non-hydrogen) atoms. The number of nitrogens with one attached hydrogen (secondary N) is 1. The number of nitrogens with zero attached hydrogens (tertiary/aromatic N) is 1. The summed E-state index contributed by atoms with van der Waals surface area (Å²) in [7, 11) is 0. The summed E-state index contributed by atoms with van der Waals surface area (Å²) in [6.07, 6.45) is 3.47. The van der Waals surface area contributed by atoms with Crippen LogP contribution in [0.2, 0.25) is 0 Å². The van der Waals surface area contributed by atoms with Gasteiger partial charge in [0.1, 0.15) is 0 Å². The number of carbonyl (C=O) groups excluding carboxylic acids is 1. The van der Waals surface area contributed by atoms with Crippen molar-refractivity contribution in [1.82, 2.24) is 4.98 Å². The zero-order chi connectivity index (χ0) is 14.0. The molecule has 0 radical (unpaired) electrons. The Labute approximate surface area is 112 Å². The summed E-state index contributed by atoms with van der Waals surface area (Å²) < 4.78 is 0. The van der Waals surface area contributed by atoms with E-state index < -0.39 is 5.41 Å². The lowest BCUT2D eigenvalue weighted by molar-refractivity contribution is -0.125. The maximum atomic E-state index is 11.3. The number of rotatable bonds is 4. The van der Waals surface area contributed by atoms with Crippen LogP contribution in [0.1, 0.15) is 13.8 Å². The Morgan fingerprint density at radius 3 is 2.79 bits per heavy atom. The maximum absolute atomic E-state index is 11.3. The molecule has 0 bridgehead atoms. The molecule has 2 aromatic rings. The zero-order valence-electron chi connectivity index (χ0n) is 11.1. The molecule has 0 aliphatic carbocycles. The van der Waals surface area contributed by atoms with E-state index in [2.05, 4.69) is 10.3 Å². The average Bonchev–Trinajstić information content (AvgIpc) is 2.38. The fourth-order valence-electron chi connectivity index (χ4n) is 1.75. The number of aromatic nitrogens is 1. The lowest BCUT2D eigenvalue weighted by Crippen LogP contribution is -2.37. The van der Waals surface area contributed by atoms with Crippen LogP contribution in [0.3, 0.4) is 0 Å². The minimum Gasteiger partial charge on any atom is -0.397 e. The van der Waals surface area contributed by atoms with Gasteiger partial charge in [-0.15, -0.1) is 0 Å². The van der Waals surface area contributed by atoms with Gasteiger partial charge in [-0.05, 0) is 26.0 Å². The molecule has 2 rings (SSSR count). The molecule has 1 heterocycles. The molecule has 100 valence electrons. The van der Waals surface area contributed by atoms with Crippen molar-refractivity contribution >= 4 is 28.1 Å². The average molecular weight is 258 g/mol. The number of nitrogens with two attached hydrogens (primary N) is 2. The minimum atomic E-state index is -0.625. The van der Waals surface area contributed by atoms with E-state index in [1.54, 1.807) is 26.2 Å². The molecule has 0 saturated heterocycles. The van der Waals surface area contributed by atoms with Crippen molar-refractivity contribution in [2.75, 3.05) is 17.6 Å². The molecule has 0 saturated carbocycles. The first-order chi connectivity index (χ1) is 8.92. The summed E-state index contributed by atoms with van der Waals surface area (Å²) in [5.74, 6) is -0.344. The van der Waals surface area contributed by atoms with Gasteiger partial charge in [-0.25, -0.2) is 0 Å². The molecule has 0 spiro atoms. The lowest BCUT2D eigenvalue weighted by Gasteiger charge is -2.22. The minimum absolute atomic E-state index is 0.344. The van der Waals surface area contributed by atoms with Crippen LogP contribution in [-0.2, 0) is 4.79 Å². The number of hydrogen-bond donors (Lipinski definition) is 3. The van der Waals surface area contributed by atoms with Gasteiger partial charge >= 0.3 is 0 Å². The maximum Gasteiger partial charge on any atom is 0.224 e. The number of benzene rings is 1. The van der Waals surface area contributed by atoms with Crippen molar-refractivity contribution in [2.45, 2.75) is 13.8 Å². The molecule has 1 aromatic carbocycles. The molecule has 0 aliphatic heterocycles. The Morgan fingerprint density at radius 2 is 2.11 bits per heavy atom. The molecule has 0 aliphatic rings. The highest BCUT2D eigenvalue weighted by Crippen LogP contribution is 2.29. The topological polar surface area (TPSA) is 94.0 Å². The van der Waals surface area contributed by atoms with E-state index in [-0.39, 0.29) is 5.91 Å². The monoisotopic (exact) mass is 258 g/mol. The van der Waals surface area contributed by atoms with Crippen LogP contribution < -0.4 is 16.8 Å². The molecular formula is C14H18N4O. The first-order valence-electron chi connectivity index (χ1n) is 6.08. The molecule has 1 amide bonds. The summed E-state index contributed by atoms with van der Waals surface area (Å²) >= 11 is 0. The molecular weight excluding hydrogens is 240 g/mol. The van der Waals surface area contributed by atoms with E-state index in [4.69, 9.17) is 11.5 Å². The highest BCUT2D eigenvalue weighted by atomic mass is 16.1. The van der Waals surface area contributed by atoms with Crippen LogP contribution in [0.5, 0.6) is 0 Å². The quantitative estimate of drug-likeness (QED) is 0.728. The second-order valence-corrected chi connectivity index (χ2v) is 5.23. The number of hydrogen-bond acceptors (Lipinski definition) is 4. The number of amides is 1. The van der Waals surface area contributed by atoms with Gasteiger partial charge in [-0.2, -0.15) is 0 Å². The van der Waals surface area contributed by atoms with Crippen LogP contribution in [0, 0.1) is 5.41 Å². The third kappa shape index (κ3) is 2.59. The van der Waals surface area contributed by atoms with Crippen molar-refractivity contribution in [3.63, 3.8) is 0 Å². The van der Waals surface area contributed by atoms with Crippen molar-refractivity contribution in [3.05, 3.63) is 30.6 Å². The van der Waals surface area contributed by atoms with Gasteiger partial charge in [0, 0.05) is 29.7 Å².